The van der Waals surface area contributed by atoms with Gasteiger partial charge in [0.15, 0.2) is 0 Å². The molecule has 2 bridgehead atoms. The van der Waals surface area contributed by atoms with Gasteiger partial charge in [-0.25, -0.2) is 0 Å². The highest BCUT2D eigenvalue weighted by Gasteiger charge is 2.42. The van der Waals surface area contributed by atoms with Gasteiger partial charge in [-0.2, -0.15) is 0 Å². The summed E-state index contributed by atoms with van der Waals surface area (Å²) < 4.78 is 0. The zero-order chi connectivity index (χ0) is 15.0. The molecule has 2 unspecified atom stereocenters. The van der Waals surface area contributed by atoms with Crippen molar-refractivity contribution in [1.29, 1.82) is 0 Å². The largest absolute Gasteiger partial charge is 0.481 e. The van der Waals surface area contributed by atoms with Crippen LogP contribution in [0.15, 0.2) is 24.3 Å². The molecule has 3 rings (SSSR count). The second-order valence-electron chi connectivity index (χ2n) is 6.11. The average Bonchev–Trinajstić information content (AvgIpc) is 2.69. The van der Waals surface area contributed by atoms with E-state index in [2.05, 4.69) is 4.90 Å². The molecule has 0 aromatic heterocycles. The Hall–Kier alpha value is -2.04. The number of amides is 1. The van der Waals surface area contributed by atoms with Gasteiger partial charge in [-0.15, -0.1) is 0 Å². The third-order valence-corrected chi connectivity index (χ3v) is 4.74. The Balaban J connectivity index is 1.86. The molecule has 112 valence electrons. The SMILES string of the molecule is NC(=O)c1ccccc1N1C2CCC1CC(CC(=O)O)C2. The molecule has 0 spiro atoms. The lowest BCUT2D eigenvalue weighted by molar-refractivity contribution is -0.138. The van der Waals surface area contributed by atoms with Crippen molar-refractivity contribution in [1.82, 2.24) is 0 Å². The third-order valence-electron chi connectivity index (χ3n) is 4.74. The van der Waals surface area contributed by atoms with Crippen LogP contribution >= 0.6 is 0 Å². The first kappa shape index (κ1) is 13.9. The molecule has 0 saturated carbocycles. The Morgan fingerprint density at radius 1 is 1.19 bits per heavy atom. The smallest absolute Gasteiger partial charge is 0.303 e. The number of benzene rings is 1. The van der Waals surface area contributed by atoms with Crippen LogP contribution in [0, 0.1) is 5.92 Å². The molecule has 1 aromatic rings. The minimum atomic E-state index is -0.717. The molecule has 2 saturated heterocycles. The van der Waals surface area contributed by atoms with Crippen LogP contribution in [0.1, 0.15) is 42.5 Å². The summed E-state index contributed by atoms with van der Waals surface area (Å²) in [6.07, 6.45) is 4.14. The molecule has 0 radical (unpaired) electrons. The Morgan fingerprint density at radius 3 is 2.38 bits per heavy atom. The molecular formula is C16H20N2O3. The molecule has 1 amide bonds. The van der Waals surface area contributed by atoms with Crippen molar-refractivity contribution < 1.29 is 14.7 Å². The number of hydrogen-bond acceptors (Lipinski definition) is 3. The molecule has 5 nitrogen and oxygen atoms in total. The van der Waals surface area contributed by atoms with Crippen molar-refractivity contribution in [3.05, 3.63) is 29.8 Å². The number of aliphatic carboxylic acids is 1. The summed E-state index contributed by atoms with van der Waals surface area (Å²) in [5.74, 6) is -0.875. The van der Waals surface area contributed by atoms with Gasteiger partial charge in [0.05, 0.1) is 5.56 Å². The topological polar surface area (TPSA) is 83.6 Å². The number of hydrogen-bond donors (Lipinski definition) is 2. The van der Waals surface area contributed by atoms with Crippen molar-refractivity contribution in [2.24, 2.45) is 11.7 Å². The number of rotatable bonds is 4. The number of carboxylic acids is 1. The predicted octanol–water partition coefficient (Wildman–Crippen LogP) is 2.01. The van der Waals surface area contributed by atoms with Crippen LogP contribution in [-0.4, -0.2) is 29.1 Å². The fourth-order valence-corrected chi connectivity index (χ4v) is 4.00. The molecule has 2 aliphatic rings. The van der Waals surface area contributed by atoms with Crippen molar-refractivity contribution in [2.45, 2.75) is 44.2 Å². The van der Waals surface area contributed by atoms with Gasteiger partial charge in [0.1, 0.15) is 0 Å². The number of carboxylic acid groups (broad SMARTS) is 1. The van der Waals surface area contributed by atoms with Crippen LogP contribution in [0.25, 0.3) is 0 Å². The predicted molar refractivity (Wildman–Crippen MR) is 79.2 cm³/mol. The van der Waals surface area contributed by atoms with Crippen molar-refractivity contribution in [3.63, 3.8) is 0 Å². The van der Waals surface area contributed by atoms with E-state index in [1.807, 2.05) is 18.2 Å². The van der Waals surface area contributed by atoms with E-state index in [-0.39, 0.29) is 12.3 Å². The minimum Gasteiger partial charge on any atom is -0.481 e. The number of carbonyl (C=O) groups is 2. The van der Waals surface area contributed by atoms with Crippen LogP contribution in [0.5, 0.6) is 0 Å². The minimum absolute atomic E-state index is 0.247. The van der Waals surface area contributed by atoms with Gasteiger partial charge >= 0.3 is 5.97 Å². The number of piperidine rings is 1. The van der Waals surface area contributed by atoms with Crippen LogP contribution in [0.4, 0.5) is 5.69 Å². The molecule has 1 aromatic carbocycles. The monoisotopic (exact) mass is 288 g/mol. The summed E-state index contributed by atoms with van der Waals surface area (Å²) in [6.45, 7) is 0. The molecule has 2 atom stereocenters. The average molecular weight is 288 g/mol. The lowest BCUT2D eigenvalue weighted by atomic mass is 9.87. The van der Waals surface area contributed by atoms with E-state index in [0.29, 0.717) is 17.6 Å². The summed E-state index contributed by atoms with van der Waals surface area (Å²) in [4.78, 5) is 24.9. The van der Waals surface area contributed by atoms with Crippen molar-refractivity contribution in [2.75, 3.05) is 4.90 Å². The maximum Gasteiger partial charge on any atom is 0.303 e. The lowest BCUT2D eigenvalue weighted by Gasteiger charge is -2.41. The number of fused-ring (bicyclic) bond motifs is 2. The standard InChI is InChI=1S/C16H20N2O3/c17-16(21)13-3-1-2-4-14(13)18-11-5-6-12(18)8-10(7-11)9-15(19)20/h1-4,10-12H,5-9H2,(H2,17,21)(H,19,20). The number of carbonyl (C=O) groups excluding carboxylic acids is 1. The molecule has 5 heteroatoms. The van der Waals surface area contributed by atoms with Crippen LogP contribution < -0.4 is 10.6 Å². The molecule has 21 heavy (non-hydrogen) atoms. The summed E-state index contributed by atoms with van der Waals surface area (Å²) in [5, 5.41) is 8.98. The first-order chi connectivity index (χ1) is 10.1. The zero-order valence-corrected chi connectivity index (χ0v) is 11.9. The molecule has 2 fully saturated rings. The van der Waals surface area contributed by atoms with E-state index in [9.17, 15) is 9.59 Å². The van der Waals surface area contributed by atoms with Gasteiger partial charge in [0, 0.05) is 24.2 Å². The van der Waals surface area contributed by atoms with Crippen LogP contribution in [0.2, 0.25) is 0 Å². The van der Waals surface area contributed by atoms with Gasteiger partial charge in [-0.1, -0.05) is 12.1 Å². The van der Waals surface area contributed by atoms with E-state index < -0.39 is 11.9 Å². The van der Waals surface area contributed by atoms with E-state index in [1.165, 1.54) is 0 Å². The van der Waals surface area contributed by atoms with Crippen LogP contribution in [-0.2, 0) is 4.79 Å². The fourth-order valence-electron chi connectivity index (χ4n) is 4.00. The van der Waals surface area contributed by atoms with Gasteiger partial charge in [0.2, 0.25) is 0 Å². The highest BCUT2D eigenvalue weighted by atomic mass is 16.4. The lowest BCUT2D eigenvalue weighted by Crippen LogP contribution is -2.44. The second-order valence-corrected chi connectivity index (χ2v) is 6.11. The van der Waals surface area contributed by atoms with Gasteiger partial charge in [-0.05, 0) is 43.7 Å². The third kappa shape index (κ3) is 2.60. The highest BCUT2D eigenvalue weighted by molar-refractivity contribution is 5.98. The Morgan fingerprint density at radius 2 is 1.81 bits per heavy atom. The molecule has 3 N–H and O–H groups in total. The van der Waals surface area contributed by atoms with Gasteiger partial charge in [-0.3, -0.25) is 9.59 Å². The molecule has 2 heterocycles. The molecular weight excluding hydrogens is 268 g/mol. The number of primary amides is 1. The number of anilines is 1. The second kappa shape index (κ2) is 5.39. The Labute approximate surface area is 123 Å². The zero-order valence-electron chi connectivity index (χ0n) is 11.9. The summed E-state index contributed by atoms with van der Waals surface area (Å²) >= 11 is 0. The first-order valence-corrected chi connectivity index (χ1v) is 7.45. The Bertz CT molecular complexity index is 558. The summed E-state index contributed by atoms with van der Waals surface area (Å²) in [7, 11) is 0. The first-order valence-electron chi connectivity index (χ1n) is 7.45. The van der Waals surface area contributed by atoms with E-state index in [0.717, 1.165) is 31.4 Å². The van der Waals surface area contributed by atoms with Crippen LogP contribution in [0.3, 0.4) is 0 Å². The van der Waals surface area contributed by atoms with E-state index in [4.69, 9.17) is 10.8 Å². The normalized spacial score (nSPS) is 27.6. The molecule has 0 aliphatic carbocycles. The van der Waals surface area contributed by atoms with E-state index >= 15 is 0 Å². The number of nitrogens with two attached hydrogens (primary N) is 1. The summed E-state index contributed by atoms with van der Waals surface area (Å²) in [6, 6.07) is 8.11. The fraction of sp³-hybridized carbons (Fsp3) is 0.500. The maximum atomic E-state index is 11.6. The highest BCUT2D eigenvalue weighted by Crippen LogP contribution is 2.43. The summed E-state index contributed by atoms with van der Waals surface area (Å²) in [5.41, 5.74) is 6.95. The van der Waals surface area contributed by atoms with E-state index in [1.54, 1.807) is 6.07 Å². The molecule has 2 aliphatic heterocycles. The number of nitrogens with zero attached hydrogens (tertiary/aromatic N) is 1. The quantitative estimate of drug-likeness (QED) is 0.887. The van der Waals surface area contributed by atoms with Gasteiger partial charge in [0.25, 0.3) is 5.91 Å². The van der Waals surface area contributed by atoms with Crippen molar-refractivity contribution >= 4 is 17.6 Å². The Kier molecular flexibility index (Phi) is 3.57. The van der Waals surface area contributed by atoms with Crippen molar-refractivity contribution in [3.8, 4) is 0 Å². The van der Waals surface area contributed by atoms with Gasteiger partial charge < -0.3 is 15.7 Å². The number of para-hydroxylation sites is 1. The maximum absolute atomic E-state index is 11.6.